The summed E-state index contributed by atoms with van der Waals surface area (Å²) in [4.78, 5) is 2.90. The summed E-state index contributed by atoms with van der Waals surface area (Å²) in [5.74, 6) is 1.11. The molecular formula is C8H15N3. The lowest BCUT2D eigenvalue weighted by atomic mass is 9.99. The average molecular weight is 153 g/mol. The highest BCUT2D eigenvalue weighted by Crippen LogP contribution is 2.22. The molecule has 1 aromatic rings. The van der Waals surface area contributed by atoms with Gasteiger partial charge in [0.15, 0.2) is 0 Å². The Hall–Kier alpha value is -0.960. The molecule has 11 heavy (non-hydrogen) atoms. The molecule has 0 fully saturated rings. The molecule has 62 valence electrons. The molecule has 1 heterocycles. The Labute approximate surface area is 66.8 Å². The van der Waals surface area contributed by atoms with Crippen LogP contribution in [0.4, 0.5) is 5.82 Å². The predicted octanol–water partition coefficient (Wildman–Crippen LogP) is 1.25. The van der Waals surface area contributed by atoms with Crippen LogP contribution in [-0.4, -0.2) is 4.98 Å². The molecule has 0 aliphatic carbocycles. The van der Waals surface area contributed by atoms with Gasteiger partial charge in [-0.3, -0.25) is 0 Å². The van der Waals surface area contributed by atoms with Crippen LogP contribution in [0, 0.1) is 5.92 Å². The highest BCUT2D eigenvalue weighted by atomic mass is 14.8. The van der Waals surface area contributed by atoms with Crippen molar-refractivity contribution in [1.82, 2.24) is 4.98 Å². The second-order valence-corrected chi connectivity index (χ2v) is 3.12. The van der Waals surface area contributed by atoms with Crippen LogP contribution in [-0.2, 0) is 0 Å². The molecule has 3 nitrogen and oxygen atoms in total. The van der Waals surface area contributed by atoms with Crippen molar-refractivity contribution in [3.8, 4) is 0 Å². The maximum atomic E-state index is 5.88. The first-order chi connectivity index (χ1) is 5.13. The van der Waals surface area contributed by atoms with Gasteiger partial charge < -0.3 is 16.5 Å². The molecule has 0 saturated carbocycles. The van der Waals surface area contributed by atoms with E-state index in [1.54, 1.807) is 0 Å². The summed E-state index contributed by atoms with van der Waals surface area (Å²) in [6.07, 6.45) is 1.81. The SMILES string of the molecule is CC(C)C(N)c1cc[nH]c1N. The molecule has 1 rings (SSSR count). The number of anilines is 1. The average Bonchev–Trinajstić information content (AvgIpc) is 2.33. The zero-order chi connectivity index (χ0) is 8.43. The van der Waals surface area contributed by atoms with Gasteiger partial charge >= 0.3 is 0 Å². The highest BCUT2D eigenvalue weighted by Gasteiger charge is 2.13. The van der Waals surface area contributed by atoms with Crippen LogP contribution in [0.1, 0.15) is 25.5 Å². The Bertz CT molecular complexity index is 227. The monoisotopic (exact) mass is 153 g/mol. The molecule has 0 aliphatic heterocycles. The Balaban J connectivity index is 2.84. The number of rotatable bonds is 2. The lowest BCUT2D eigenvalue weighted by Gasteiger charge is -2.14. The summed E-state index contributed by atoms with van der Waals surface area (Å²) < 4.78 is 0. The predicted molar refractivity (Wildman–Crippen MR) is 47.0 cm³/mol. The molecule has 0 bridgehead atoms. The van der Waals surface area contributed by atoms with Crippen molar-refractivity contribution >= 4 is 5.82 Å². The number of nitrogens with one attached hydrogen (secondary N) is 1. The third kappa shape index (κ3) is 1.54. The fraction of sp³-hybridized carbons (Fsp3) is 0.500. The molecule has 0 radical (unpaired) electrons. The molecule has 1 unspecified atom stereocenters. The second kappa shape index (κ2) is 2.96. The Morgan fingerprint density at radius 2 is 2.09 bits per heavy atom. The van der Waals surface area contributed by atoms with E-state index < -0.39 is 0 Å². The Morgan fingerprint density at radius 3 is 2.45 bits per heavy atom. The number of hydrogen-bond acceptors (Lipinski definition) is 2. The maximum Gasteiger partial charge on any atom is 0.105 e. The fourth-order valence-corrected chi connectivity index (χ4v) is 1.04. The minimum absolute atomic E-state index is 0.0428. The second-order valence-electron chi connectivity index (χ2n) is 3.12. The Kier molecular flexibility index (Phi) is 2.19. The van der Waals surface area contributed by atoms with Crippen LogP contribution in [0.3, 0.4) is 0 Å². The lowest BCUT2D eigenvalue weighted by Crippen LogP contribution is -2.17. The van der Waals surface area contributed by atoms with E-state index in [0.717, 1.165) is 5.56 Å². The smallest absolute Gasteiger partial charge is 0.105 e. The van der Waals surface area contributed by atoms with Crippen molar-refractivity contribution in [2.24, 2.45) is 11.7 Å². The number of hydrogen-bond donors (Lipinski definition) is 3. The van der Waals surface area contributed by atoms with Crippen LogP contribution >= 0.6 is 0 Å². The van der Waals surface area contributed by atoms with Crippen LogP contribution in [0.25, 0.3) is 0 Å². The minimum atomic E-state index is 0.0428. The van der Waals surface area contributed by atoms with E-state index in [4.69, 9.17) is 11.5 Å². The molecule has 1 atom stereocenters. The van der Waals surface area contributed by atoms with E-state index in [0.29, 0.717) is 11.7 Å². The lowest BCUT2D eigenvalue weighted by molar-refractivity contribution is 0.516. The van der Waals surface area contributed by atoms with E-state index in [9.17, 15) is 0 Å². The topological polar surface area (TPSA) is 67.8 Å². The van der Waals surface area contributed by atoms with Gasteiger partial charge in [0, 0.05) is 17.8 Å². The normalized spacial score (nSPS) is 13.8. The van der Waals surface area contributed by atoms with E-state index in [1.165, 1.54) is 0 Å². The molecule has 0 amide bonds. The molecule has 0 aromatic carbocycles. The van der Waals surface area contributed by atoms with E-state index in [-0.39, 0.29) is 6.04 Å². The summed E-state index contributed by atoms with van der Waals surface area (Å²) in [6, 6.07) is 1.97. The van der Waals surface area contributed by atoms with Gasteiger partial charge in [0.1, 0.15) is 5.82 Å². The summed E-state index contributed by atoms with van der Waals surface area (Å²) >= 11 is 0. The first-order valence-corrected chi connectivity index (χ1v) is 3.81. The molecule has 0 aliphatic rings. The first kappa shape index (κ1) is 8.14. The summed E-state index contributed by atoms with van der Waals surface area (Å²) in [6.45, 7) is 4.16. The number of nitrogens with two attached hydrogens (primary N) is 2. The van der Waals surface area contributed by atoms with Gasteiger partial charge in [-0.25, -0.2) is 0 Å². The van der Waals surface area contributed by atoms with Crippen molar-refractivity contribution < 1.29 is 0 Å². The molecule has 5 N–H and O–H groups in total. The van der Waals surface area contributed by atoms with E-state index in [2.05, 4.69) is 18.8 Å². The zero-order valence-electron chi connectivity index (χ0n) is 6.96. The van der Waals surface area contributed by atoms with Gasteiger partial charge in [-0.15, -0.1) is 0 Å². The van der Waals surface area contributed by atoms with Gasteiger partial charge in [-0.2, -0.15) is 0 Å². The van der Waals surface area contributed by atoms with Gasteiger partial charge in [0.05, 0.1) is 0 Å². The number of aromatic amines is 1. The van der Waals surface area contributed by atoms with Crippen molar-refractivity contribution in [3.05, 3.63) is 17.8 Å². The van der Waals surface area contributed by atoms with Crippen molar-refractivity contribution in [2.75, 3.05) is 5.73 Å². The van der Waals surface area contributed by atoms with Crippen molar-refractivity contribution in [1.29, 1.82) is 0 Å². The molecule has 0 saturated heterocycles. The molecule has 3 heteroatoms. The minimum Gasteiger partial charge on any atom is -0.385 e. The van der Waals surface area contributed by atoms with Gasteiger partial charge in [0.2, 0.25) is 0 Å². The van der Waals surface area contributed by atoms with Crippen LogP contribution in [0.15, 0.2) is 12.3 Å². The number of nitrogen functional groups attached to an aromatic ring is 1. The Morgan fingerprint density at radius 1 is 1.45 bits per heavy atom. The van der Waals surface area contributed by atoms with Crippen molar-refractivity contribution in [2.45, 2.75) is 19.9 Å². The van der Waals surface area contributed by atoms with Crippen LogP contribution < -0.4 is 11.5 Å². The van der Waals surface area contributed by atoms with Crippen LogP contribution in [0.2, 0.25) is 0 Å². The highest BCUT2D eigenvalue weighted by molar-refractivity contribution is 5.41. The summed E-state index contributed by atoms with van der Waals surface area (Å²) in [5.41, 5.74) is 12.5. The first-order valence-electron chi connectivity index (χ1n) is 3.81. The quantitative estimate of drug-likeness (QED) is 0.598. The largest absolute Gasteiger partial charge is 0.385 e. The zero-order valence-corrected chi connectivity index (χ0v) is 6.96. The molecule has 1 aromatic heterocycles. The summed E-state index contributed by atoms with van der Waals surface area (Å²) in [5, 5.41) is 0. The molecular weight excluding hydrogens is 138 g/mol. The van der Waals surface area contributed by atoms with Gasteiger partial charge in [-0.1, -0.05) is 13.8 Å². The third-order valence-corrected chi connectivity index (χ3v) is 1.89. The van der Waals surface area contributed by atoms with Gasteiger partial charge in [0.25, 0.3) is 0 Å². The molecule has 0 spiro atoms. The standard InChI is InChI=1S/C8H15N3/c1-5(2)7(9)6-3-4-11-8(6)10/h3-5,7,11H,9-10H2,1-2H3. The summed E-state index contributed by atoms with van der Waals surface area (Å²) in [7, 11) is 0. The van der Waals surface area contributed by atoms with Crippen LogP contribution in [0.5, 0.6) is 0 Å². The van der Waals surface area contributed by atoms with E-state index >= 15 is 0 Å². The van der Waals surface area contributed by atoms with Gasteiger partial charge in [-0.05, 0) is 12.0 Å². The van der Waals surface area contributed by atoms with E-state index in [1.807, 2.05) is 12.3 Å². The van der Waals surface area contributed by atoms with Crippen molar-refractivity contribution in [3.63, 3.8) is 0 Å². The fourth-order valence-electron chi connectivity index (χ4n) is 1.04. The number of H-pyrrole nitrogens is 1. The maximum absolute atomic E-state index is 5.88. The number of aromatic nitrogens is 1. The third-order valence-electron chi connectivity index (χ3n) is 1.89.